The zero-order chi connectivity index (χ0) is 17.6. The first-order valence-corrected chi connectivity index (χ1v) is 8.63. The molecule has 1 heterocycles. The van der Waals surface area contributed by atoms with Crippen LogP contribution in [0.4, 0.5) is 16.2 Å². The lowest BCUT2D eigenvalue weighted by molar-refractivity contribution is -0.116. The van der Waals surface area contributed by atoms with E-state index in [1.807, 2.05) is 36.4 Å². The molecule has 1 fully saturated rings. The van der Waals surface area contributed by atoms with Gasteiger partial charge in [0.2, 0.25) is 5.91 Å². The largest absolute Gasteiger partial charge is 0.338 e. The van der Waals surface area contributed by atoms with E-state index in [1.165, 1.54) is 11.1 Å². The lowest BCUT2D eigenvalue weighted by Crippen LogP contribution is -2.46. The van der Waals surface area contributed by atoms with Gasteiger partial charge in [-0.15, -0.1) is 0 Å². The quantitative estimate of drug-likeness (QED) is 0.877. The lowest BCUT2D eigenvalue weighted by Gasteiger charge is -2.27. The molecule has 25 heavy (non-hydrogen) atoms. The molecule has 5 nitrogen and oxygen atoms in total. The summed E-state index contributed by atoms with van der Waals surface area (Å²) in [6, 6.07) is 15.4. The Labute approximate surface area is 148 Å². The number of hydrogen-bond donors (Lipinski definition) is 2. The van der Waals surface area contributed by atoms with Gasteiger partial charge in [-0.25, -0.2) is 4.79 Å². The van der Waals surface area contributed by atoms with Gasteiger partial charge in [0.05, 0.1) is 0 Å². The lowest BCUT2D eigenvalue weighted by atomic mass is 10.0. The Hall–Kier alpha value is -2.82. The van der Waals surface area contributed by atoms with Crippen LogP contribution < -0.4 is 15.5 Å². The molecule has 0 radical (unpaired) electrons. The molecule has 1 aliphatic rings. The standard InChI is InChI=1S/C20H23N3O2/c1-15-5-2-3-6-16(15)7-12-19(24)22-17-8-10-18(11-9-17)23-14-4-13-21-20(23)25/h2-3,5-6,8-11H,4,7,12-14H2,1H3,(H,21,25)(H,22,24). The summed E-state index contributed by atoms with van der Waals surface area (Å²) in [4.78, 5) is 25.7. The monoisotopic (exact) mass is 337 g/mol. The molecule has 2 N–H and O–H groups in total. The van der Waals surface area contributed by atoms with Crippen LogP contribution in [0, 0.1) is 6.92 Å². The molecular formula is C20H23N3O2. The molecular weight excluding hydrogens is 314 g/mol. The predicted molar refractivity (Wildman–Crippen MR) is 99.9 cm³/mol. The maximum atomic E-state index is 12.2. The summed E-state index contributed by atoms with van der Waals surface area (Å²) in [6.45, 7) is 3.50. The maximum Gasteiger partial charge on any atom is 0.321 e. The van der Waals surface area contributed by atoms with E-state index in [0.717, 1.165) is 30.8 Å². The highest BCUT2D eigenvalue weighted by atomic mass is 16.2. The van der Waals surface area contributed by atoms with Crippen molar-refractivity contribution >= 4 is 23.3 Å². The summed E-state index contributed by atoms with van der Waals surface area (Å²) in [5.74, 6) is -0.00767. The number of urea groups is 1. The fourth-order valence-corrected chi connectivity index (χ4v) is 2.96. The van der Waals surface area contributed by atoms with Crippen LogP contribution in [0.2, 0.25) is 0 Å². The second kappa shape index (κ2) is 7.83. The van der Waals surface area contributed by atoms with Gasteiger partial charge < -0.3 is 10.6 Å². The van der Waals surface area contributed by atoms with Crippen LogP contribution in [0.3, 0.4) is 0 Å². The number of carbonyl (C=O) groups is 2. The number of aryl methyl sites for hydroxylation is 2. The Morgan fingerprint density at radius 1 is 1.16 bits per heavy atom. The SMILES string of the molecule is Cc1ccccc1CCC(=O)Nc1ccc(N2CCCNC2=O)cc1. The van der Waals surface area contributed by atoms with Gasteiger partial charge >= 0.3 is 6.03 Å². The van der Waals surface area contributed by atoms with Crippen molar-refractivity contribution in [2.75, 3.05) is 23.3 Å². The summed E-state index contributed by atoms with van der Waals surface area (Å²) in [6.07, 6.45) is 2.11. The van der Waals surface area contributed by atoms with E-state index in [4.69, 9.17) is 0 Å². The van der Waals surface area contributed by atoms with Crippen LogP contribution >= 0.6 is 0 Å². The number of hydrogen-bond acceptors (Lipinski definition) is 2. The third-order valence-electron chi connectivity index (χ3n) is 4.43. The van der Waals surface area contributed by atoms with Gasteiger partial charge in [0, 0.05) is 30.9 Å². The Kier molecular flexibility index (Phi) is 5.33. The Morgan fingerprint density at radius 3 is 2.64 bits per heavy atom. The second-order valence-electron chi connectivity index (χ2n) is 6.26. The minimum Gasteiger partial charge on any atom is -0.338 e. The molecule has 0 saturated carbocycles. The smallest absolute Gasteiger partial charge is 0.321 e. The molecule has 3 rings (SSSR count). The Morgan fingerprint density at radius 2 is 1.92 bits per heavy atom. The van der Waals surface area contributed by atoms with Gasteiger partial charge in [-0.2, -0.15) is 0 Å². The molecule has 0 aliphatic carbocycles. The van der Waals surface area contributed by atoms with E-state index in [0.29, 0.717) is 13.0 Å². The fraction of sp³-hybridized carbons (Fsp3) is 0.300. The van der Waals surface area contributed by atoms with Crippen molar-refractivity contribution in [1.29, 1.82) is 0 Å². The van der Waals surface area contributed by atoms with Crippen molar-refractivity contribution < 1.29 is 9.59 Å². The van der Waals surface area contributed by atoms with Crippen LogP contribution in [0.5, 0.6) is 0 Å². The summed E-state index contributed by atoms with van der Waals surface area (Å²) in [5.41, 5.74) is 4.00. The Bertz CT molecular complexity index is 756. The van der Waals surface area contributed by atoms with Gasteiger partial charge in [0.1, 0.15) is 0 Å². The Balaban J connectivity index is 1.55. The molecule has 5 heteroatoms. The van der Waals surface area contributed by atoms with E-state index < -0.39 is 0 Å². The minimum atomic E-state index is -0.0683. The van der Waals surface area contributed by atoms with Crippen LogP contribution in [-0.4, -0.2) is 25.0 Å². The van der Waals surface area contributed by atoms with E-state index in [9.17, 15) is 9.59 Å². The zero-order valence-corrected chi connectivity index (χ0v) is 14.4. The third kappa shape index (κ3) is 4.38. The number of rotatable bonds is 5. The van der Waals surface area contributed by atoms with Gasteiger partial charge in [-0.1, -0.05) is 24.3 Å². The molecule has 2 aromatic carbocycles. The summed E-state index contributed by atoms with van der Waals surface area (Å²) < 4.78 is 0. The first-order chi connectivity index (χ1) is 12.1. The molecule has 0 bridgehead atoms. The van der Waals surface area contributed by atoms with Crippen molar-refractivity contribution in [2.24, 2.45) is 0 Å². The fourth-order valence-electron chi connectivity index (χ4n) is 2.96. The number of nitrogens with one attached hydrogen (secondary N) is 2. The number of nitrogens with zero attached hydrogens (tertiary/aromatic N) is 1. The molecule has 1 saturated heterocycles. The van der Waals surface area contributed by atoms with E-state index in [2.05, 4.69) is 29.7 Å². The zero-order valence-electron chi connectivity index (χ0n) is 14.4. The van der Waals surface area contributed by atoms with Gasteiger partial charge in [0.25, 0.3) is 0 Å². The molecule has 130 valence electrons. The summed E-state index contributed by atoms with van der Waals surface area (Å²) >= 11 is 0. The van der Waals surface area contributed by atoms with Crippen LogP contribution in [0.15, 0.2) is 48.5 Å². The van der Waals surface area contributed by atoms with E-state index in [1.54, 1.807) is 4.90 Å². The highest BCUT2D eigenvalue weighted by Crippen LogP contribution is 2.20. The van der Waals surface area contributed by atoms with Gasteiger partial charge in [0.15, 0.2) is 0 Å². The molecule has 0 spiro atoms. The predicted octanol–water partition coefficient (Wildman–Crippen LogP) is 3.49. The van der Waals surface area contributed by atoms with Crippen molar-refractivity contribution in [3.05, 3.63) is 59.7 Å². The molecule has 2 aromatic rings. The maximum absolute atomic E-state index is 12.2. The first kappa shape index (κ1) is 17.0. The number of carbonyl (C=O) groups excluding carboxylic acids is 2. The van der Waals surface area contributed by atoms with Gasteiger partial charge in [-0.3, -0.25) is 9.69 Å². The van der Waals surface area contributed by atoms with Crippen LogP contribution in [-0.2, 0) is 11.2 Å². The molecule has 0 atom stereocenters. The van der Waals surface area contributed by atoms with Crippen molar-refractivity contribution in [1.82, 2.24) is 5.32 Å². The average Bonchev–Trinajstić information content (AvgIpc) is 2.62. The molecule has 3 amide bonds. The van der Waals surface area contributed by atoms with Crippen molar-refractivity contribution in [2.45, 2.75) is 26.2 Å². The third-order valence-corrected chi connectivity index (χ3v) is 4.43. The van der Waals surface area contributed by atoms with E-state index >= 15 is 0 Å². The van der Waals surface area contributed by atoms with Crippen LogP contribution in [0.1, 0.15) is 24.0 Å². The number of anilines is 2. The second-order valence-corrected chi connectivity index (χ2v) is 6.26. The normalized spacial score (nSPS) is 14.1. The minimum absolute atomic E-state index is 0.00767. The molecule has 0 aromatic heterocycles. The molecule has 0 unspecified atom stereocenters. The summed E-state index contributed by atoms with van der Waals surface area (Å²) in [5, 5.41) is 5.75. The van der Waals surface area contributed by atoms with Gasteiger partial charge in [-0.05, 0) is 55.2 Å². The first-order valence-electron chi connectivity index (χ1n) is 8.63. The average molecular weight is 337 g/mol. The number of amides is 3. The summed E-state index contributed by atoms with van der Waals surface area (Å²) in [7, 11) is 0. The highest BCUT2D eigenvalue weighted by molar-refractivity contribution is 5.94. The number of benzene rings is 2. The van der Waals surface area contributed by atoms with Crippen molar-refractivity contribution in [3.63, 3.8) is 0 Å². The topological polar surface area (TPSA) is 61.4 Å². The van der Waals surface area contributed by atoms with Crippen LogP contribution in [0.25, 0.3) is 0 Å². The van der Waals surface area contributed by atoms with Crippen molar-refractivity contribution in [3.8, 4) is 0 Å². The highest BCUT2D eigenvalue weighted by Gasteiger charge is 2.18. The molecule has 1 aliphatic heterocycles. The van der Waals surface area contributed by atoms with E-state index in [-0.39, 0.29) is 11.9 Å².